The minimum atomic E-state index is -0.109. The average Bonchev–Trinajstić information content (AvgIpc) is 3.39. The van der Waals surface area contributed by atoms with Crippen molar-refractivity contribution in [2.45, 2.75) is 11.8 Å². The maximum Gasteiger partial charge on any atom is 0.236 e. The number of aromatic nitrogens is 1. The molecule has 1 N–H and O–H groups in total. The first-order chi connectivity index (χ1) is 14.6. The predicted octanol–water partition coefficient (Wildman–Crippen LogP) is 5.69. The Morgan fingerprint density at radius 2 is 1.97 bits per heavy atom. The standard InChI is InChI=1S/C22H20N2O4S2/c1-3-27-16-6-9-19-14(10-16)11-20(28-19)18-12-30-22(23-18)24-21(25)13-29-17-7-4-15(26-2)5-8-17/h4-12H,3,13H2,1-2H3,(H,23,24,25). The van der Waals surface area contributed by atoms with E-state index in [9.17, 15) is 4.79 Å². The van der Waals surface area contributed by atoms with Crippen molar-refractivity contribution in [2.24, 2.45) is 0 Å². The van der Waals surface area contributed by atoms with Crippen molar-refractivity contribution in [3.05, 3.63) is 53.9 Å². The fourth-order valence-corrected chi connectivity index (χ4v) is 4.24. The Balaban J connectivity index is 1.38. The van der Waals surface area contributed by atoms with Crippen LogP contribution in [0.25, 0.3) is 22.4 Å². The summed E-state index contributed by atoms with van der Waals surface area (Å²) in [6.45, 7) is 2.56. The number of amides is 1. The van der Waals surface area contributed by atoms with Crippen LogP contribution in [0.5, 0.6) is 11.5 Å². The van der Waals surface area contributed by atoms with Crippen LogP contribution in [0.1, 0.15) is 6.92 Å². The molecule has 2 aromatic heterocycles. The lowest BCUT2D eigenvalue weighted by atomic mass is 10.2. The van der Waals surface area contributed by atoms with E-state index in [1.54, 1.807) is 7.11 Å². The van der Waals surface area contributed by atoms with Crippen LogP contribution < -0.4 is 14.8 Å². The van der Waals surface area contributed by atoms with Crippen molar-refractivity contribution in [3.8, 4) is 23.0 Å². The molecule has 2 aromatic carbocycles. The number of benzene rings is 2. The van der Waals surface area contributed by atoms with Gasteiger partial charge in [0.25, 0.3) is 0 Å². The van der Waals surface area contributed by atoms with Gasteiger partial charge in [-0.15, -0.1) is 23.1 Å². The lowest BCUT2D eigenvalue weighted by Gasteiger charge is -2.03. The van der Waals surface area contributed by atoms with E-state index in [0.29, 0.717) is 28.9 Å². The summed E-state index contributed by atoms with van der Waals surface area (Å²) in [5.74, 6) is 2.44. The van der Waals surface area contributed by atoms with Gasteiger partial charge in [0.15, 0.2) is 10.9 Å². The number of nitrogens with one attached hydrogen (secondary N) is 1. The summed E-state index contributed by atoms with van der Waals surface area (Å²) in [6.07, 6.45) is 0. The molecule has 0 aliphatic heterocycles. The summed E-state index contributed by atoms with van der Waals surface area (Å²) in [6, 6.07) is 15.2. The maximum absolute atomic E-state index is 12.3. The van der Waals surface area contributed by atoms with Crippen molar-refractivity contribution >= 4 is 45.1 Å². The van der Waals surface area contributed by atoms with Crippen LogP contribution in [0, 0.1) is 0 Å². The van der Waals surface area contributed by atoms with Gasteiger partial charge in [-0.3, -0.25) is 4.79 Å². The molecule has 0 aliphatic rings. The summed E-state index contributed by atoms with van der Waals surface area (Å²) in [5.41, 5.74) is 1.45. The fourth-order valence-electron chi connectivity index (χ4n) is 2.82. The molecule has 154 valence electrons. The van der Waals surface area contributed by atoms with Crippen LogP contribution in [0.15, 0.2) is 63.2 Å². The summed E-state index contributed by atoms with van der Waals surface area (Å²) in [7, 11) is 1.63. The second kappa shape index (κ2) is 9.23. The third-order valence-electron chi connectivity index (χ3n) is 4.23. The van der Waals surface area contributed by atoms with E-state index in [4.69, 9.17) is 13.9 Å². The molecule has 1 amide bonds. The molecule has 0 atom stereocenters. The van der Waals surface area contributed by atoms with Crippen molar-refractivity contribution in [1.29, 1.82) is 0 Å². The molecule has 0 radical (unpaired) electrons. The van der Waals surface area contributed by atoms with E-state index in [-0.39, 0.29) is 5.91 Å². The summed E-state index contributed by atoms with van der Waals surface area (Å²) in [5, 5.41) is 6.21. The molecule has 0 saturated heterocycles. The largest absolute Gasteiger partial charge is 0.497 e. The second-order valence-electron chi connectivity index (χ2n) is 6.29. The Kier molecular flexibility index (Phi) is 6.25. The number of carbonyl (C=O) groups is 1. The number of carbonyl (C=O) groups excluding carboxylic acids is 1. The van der Waals surface area contributed by atoms with E-state index >= 15 is 0 Å². The zero-order valence-corrected chi connectivity index (χ0v) is 18.1. The second-order valence-corrected chi connectivity index (χ2v) is 8.20. The number of hydrogen-bond donors (Lipinski definition) is 1. The Morgan fingerprint density at radius 1 is 1.17 bits per heavy atom. The quantitative estimate of drug-likeness (QED) is 0.355. The van der Waals surface area contributed by atoms with Crippen LogP contribution in [-0.2, 0) is 4.79 Å². The molecule has 2 heterocycles. The molecule has 0 bridgehead atoms. The number of methoxy groups -OCH3 is 1. The molecule has 6 nitrogen and oxygen atoms in total. The van der Waals surface area contributed by atoms with E-state index in [1.165, 1.54) is 23.1 Å². The molecule has 0 unspecified atom stereocenters. The highest BCUT2D eigenvalue weighted by molar-refractivity contribution is 8.00. The first-order valence-corrected chi connectivity index (χ1v) is 11.2. The van der Waals surface area contributed by atoms with E-state index in [2.05, 4.69) is 10.3 Å². The van der Waals surface area contributed by atoms with Gasteiger partial charge >= 0.3 is 0 Å². The monoisotopic (exact) mass is 440 g/mol. The van der Waals surface area contributed by atoms with Crippen LogP contribution >= 0.6 is 23.1 Å². The third kappa shape index (κ3) is 4.77. The van der Waals surface area contributed by atoms with Crippen LogP contribution in [0.4, 0.5) is 5.13 Å². The first kappa shape index (κ1) is 20.3. The molecular formula is C22H20N2O4S2. The van der Waals surface area contributed by atoms with Gasteiger partial charge in [-0.05, 0) is 55.5 Å². The molecule has 8 heteroatoms. The van der Waals surface area contributed by atoms with E-state index < -0.39 is 0 Å². The van der Waals surface area contributed by atoms with Gasteiger partial charge < -0.3 is 19.2 Å². The van der Waals surface area contributed by atoms with Gasteiger partial charge in [0.1, 0.15) is 22.8 Å². The highest BCUT2D eigenvalue weighted by Crippen LogP contribution is 2.32. The molecule has 0 aliphatic carbocycles. The normalized spacial score (nSPS) is 10.9. The van der Waals surface area contributed by atoms with Crippen LogP contribution in [0.2, 0.25) is 0 Å². The SMILES string of the molecule is CCOc1ccc2oc(-c3csc(NC(=O)CSc4ccc(OC)cc4)n3)cc2c1. The predicted molar refractivity (Wildman–Crippen MR) is 121 cm³/mol. The molecule has 0 saturated carbocycles. The fraction of sp³-hybridized carbons (Fsp3) is 0.182. The number of rotatable bonds is 8. The molecule has 0 spiro atoms. The van der Waals surface area contributed by atoms with E-state index in [1.807, 2.05) is 60.8 Å². The topological polar surface area (TPSA) is 73.6 Å². The lowest BCUT2D eigenvalue weighted by molar-refractivity contribution is -0.113. The summed E-state index contributed by atoms with van der Waals surface area (Å²) in [4.78, 5) is 17.8. The molecule has 30 heavy (non-hydrogen) atoms. The maximum atomic E-state index is 12.3. The number of hydrogen-bond acceptors (Lipinski definition) is 7. The Labute approximate surface area is 182 Å². The number of anilines is 1. The van der Waals surface area contributed by atoms with Gasteiger partial charge in [-0.2, -0.15) is 0 Å². The molecular weight excluding hydrogens is 420 g/mol. The number of thiazole rings is 1. The van der Waals surface area contributed by atoms with Crippen molar-refractivity contribution < 1.29 is 18.7 Å². The summed E-state index contributed by atoms with van der Waals surface area (Å²) < 4.78 is 16.6. The number of thioether (sulfide) groups is 1. The van der Waals surface area contributed by atoms with Crippen molar-refractivity contribution in [1.82, 2.24) is 4.98 Å². The third-order valence-corrected chi connectivity index (χ3v) is 6.00. The zero-order valence-electron chi connectivity index (χ0n) is 16.5. The van der Waals surface area contributed by atoms with Gasteiger partial charge in [-0.1, -0.05) is 0 Å². The highest BCUT2D eigenvalue weighted by atomic mass is 32.2. The van der Waals surface area contributed by atoms with Crippen LogP contribution in [-0.4, -0.2) is 30.4 Å². The molecule has 4 aromatic rings. The summed E-state index contributed by atoms with van der Waals surface area (Å²) >= 11 is 2.82. The van der Waals surface area contributed by atoms with Gasteiger partial charge in [-0.25, -0.2) is 4.98 Å². The number of nitrogens with zero attached hydrogens (tertiary/aromatic N) is 1. The smallest absolute Gasteiger partial charge is 0.236 e. The van der Waals surface area contributed by atoms with E-state index in [0.717, 1.165) is 27.4 Å². The lowest BCUT2D eigenvalue weighted by Crippen LogP contribution is -2.13. The minimum Gasteiger partial charge on any atom is -0.497 e. The van der Waals surface area contributed by atoms with Crippen LogP contribution in [0.3, 0.4) is 0 Å². The first-order valence-electron chi connectivity index (χ1n) is 9.33. The van der Waals surface area contributed by atoms with Crippen molar-refractivity contribution in [2.75, 3.05) is 24.8 Å². The number of fused-ring (bicyclic) bond motifs is 1. The van der Waals surface area contributed by atoms with Gasteiger partial charge in [0.2, 0.25) is 5.91 Å². The Bertz CT molecular complexity index is 1150. The Hall–Kier alpha value is -2.97. The molecule has 0 fully saturated rings. The highest BCUT2D eigenvalue weighted by Gasteiger charge is 2.13. The molecule has 4 rings (SSSR count). The van der Waals surface area contributed by atoms with Crippen molar-refractivity contribution in [3.63, 3.8) is 0 Å². The minimum absolute atomic E-state index is 0.109. The van der Waals surface area contributed by atoms with Gasteiger partial charge in [0.05, 0.1) is 19.5 Å². The Morgan fingerprint density at radius 3 is 2.73 bits per heavy atom. The average molecular weight is 441 g/mol. The number of furan rings is 1. The van der Waals surface area contributed by atoms with Gasteiger partial charge in [0, 0.05) is 15.7 Å². The zero-order chi connectivity index (χ0) is 20.9. The number of ether oxygens (including phenoxy) is 2.